The van der Waals surface area contributed by atoms with E-state index in [0.717, 1.165) is 22.6 Å². The fourth-order valence-electron chi connectivity index (χ4n) is 3.65. The lowest BCUT2D eigenvalue weighted by Gasteiger charge is -2.28. The molecule has 0 aliphatic heterocycles. The molecule has 0 saturated carbocycles. The molecule has 3 aromatic rings. The van der Waals surface area contributed by atoms with Gasteiger partial charge in [0.1, 0.15) is 6.04 Å². The Morgan fingerprint density at radius 3 is 2.06 bits per heavy atom. The smallest absolute Gasteiger partial charge is 0.333 e. The number of nitrogens with zero attached hydrogens (tertiary/aromatic N) is 1. The SMILES string of the molecule is CCCCC(NC(=O)NC(C(=O)OC)c1ccccc1)C(=O)N(Cc1cccs1)Cc1cccs1. The van der Waals surface area contributed by atoms with E-state index in [1.54, 1.807) is 51.8 Å². The van der Waals surface area contributed by atoms with Crippen molar-refractivity contribution in [2.45, 2.75) is 51.4 Å². The number of amides is 3. The maximum atomic E-state index is 13.7. The zero-order chi connectivity index (χ0) is 25.0. The van der Waals surface area contributed by atoms with Crippen molar-refractivity contribution in [2.24, 2.45) is 0 Å². The molecule has 0 aliphatic rings. The monoisotopic (exact) mass is 513 g/mol. The summed E-state index contributed by atoms with van der Waals surface area (Å²) in [4.78, 5) is 43.0. The molecule has 0 fully saturated rings. The Balaban J connectivity index is 1.76. The fraction of sp³-hybridized carbons (Fsp3) is 0.346. The topological polar surface area (TPSA) is 87.7 Å². The van der Waals surface area contributed by atoms with E-state index in [-0.39, 0.29) is 5.91 Å². The minimum Gasteiger partial charge on any atom is -0.467 e. The van der Waals surface area contributed by atoms with E-state index in [4.69, 9.17) is 4.74 Å². The third kappa shape index (κ3) is 7.93. The van der Waals surface area contributed by atoms with Crippen LogP contribution in [0.1, 0.15) is 47.5 Å². The van der Waals surface area contributed by atoms with Gasteiger partial charge in [-0.15, -0.1) is 22.7 Å². The van der Waals surface area contributed by atoms with E-state index in [2.05, 4.69) is 10.6 Å². The second-order valence-electron chi connectivity index (χ2n) is 8.03. The van der Waals surface area contributed by atoms with E-state index < -0.39 is 24.1 Å². The van der Waals surface area contributed by atoms with Crippen molar-refractivity contribution in [3.05, 3.63) is 80.7 Å². The van der Waals surface area contributed by atoms with E-state index >= 15 is 0 Å². The van der Waals surface area contributed by atoms with Crippen molar-refractivity contribution in [3.8, 4) is 0 Å². The van der Waals surface area contributed by atoms with Gasteiger partial charge in [0.2, 0.25) is 5.91 Å². The maximum Gasteiger partial charge on any atom is 0.333 e. The summed E-state index contributed by atoms with van der Waals surface area (Å²) in [5.41, 5.74) is 0.600. The standard InChI is InChI=1S/C26H31N3O4S2/c1-3-4-14-22(27-26(32)28-23(25(31)33-2)19-10-6-5-7-11-19)24(30)29(17-20-12-8-15-34-20)18-21-13-9-16-35-21/h5-13,15-16,22-23H,3-4,14,17-18H2,1-2H3,(H2,27,28,32). The highest BCUT2D eigenvalue weighted by Gasteiger charge is 2.29. The van der Waals surface area contributed by atoms with E-state index in [9.17, 15) is 14.4 Å². The Bertz CT molecular complexity index is 1020. The molecule has 0 radical (unpaired) electrons. The normalized spacial score (nSPS) is 12.4. The molecule has 3 amide bonds. The van der Waals surface area contributed by atoms with Gasteiger partial charge in [-0.05, 0) is 34.9 Å². The van der Waals surface area contributed by atoms with Gasteiger partial charge in [0.05, 0.1) is 20.2 Å². The Morgan fingerprint density at radius 2 is 1.54 bits per heavy atom. The molecule has 0 saturated heterocycles. The molecule has 2 atom stereocenters. The highest BCUT2D eigenvalue weighted by Crippen LogP contribution is 2.20. The summed E-state index contributed by atoms with van der Waals surface area (Å²) in [5.74, 6) is -0.732. The van der Waals surface area contributed by atoms with Gasteiger partial charge in [0.15, 0.2) is 6.04 Å². The second-order valence-corrected chi connectivity index (χ2v) is 10.1. The highest BCUT2D eigenvalue weighted by molar-refractivity contribution is 7.10. The molecule has 2 aromatic heterocycles. The number of benzene rings is 1. The first-order valence-corrected chi connectivity index (χ1v) is 13.3. The summed E-state index contributed by atoms with van der Waals surface area (Å²) >= 11 is 3.19. The van der Waals surface area contributed by atoms with Gasteiger partial charge in [0, 0.05) is 9.75 Å². The Hall–Kier alpha value is -3.17. The fourth-order valence-corrected chi connectivity index (χ4v) is 5.09. The average molecular weight is 514 g/mol. The molecular weight excluding hydrogens is 482 g/mol. The molecule has 3 rings (SSSR count). The molecule has 35 heavy (non-hydrogen) atoms. The Labute approximate surface area is 214 Å². The molecule has 1 aromatic carbocycles. The van der Waals surface area contributed by atoms with Crippen molar-refractivity contribution in [3.63, 3.8) is 0 Å². The summed E-state index contributed by atoms with van der Waals surface area (Å²) in [5, 5.41) is 9.48. The quantitative estimate of drug-likeness (QED) is 0.330. The first-order chi connectivity index (χ1) is 17.0. The number of hydrogen-bond acceptors (Lipinski definition) is 6. The van der Waals surface area contributed by atoms with Crippen LogP contribution >= 0.6 is 22.7 Å². The molecule has 186 valence electrons. The number of unbranched alkanes of at least 4 members (excludes halogenated alkanes) is 1. The molecule has 0 bridgehead atoms. The maximum absolute atomic E-state index is 13.7. The molecule has 9 heteroatoms. The first kappa shape index (κ1) is 26.4. The van der Waals surface area contributed by atoms with Crippen LogP contribution in [0.15, 0.2) is 65.4 Å². The number of thiophene rings is 2. The van der Waals surface area contributed by atoms with Crippen LogP contribution in [0.3, 0.4) is 0 Å². The largest absolute Gasteiger partial charge is 0.467 e. The summed E-state index contributed by atoms with van der Waals surface area (Å²) in [6.45, 7) is 2.98. The third-order valence-electron chi connectivity index (χ3n) is 5.46. The Kier molecular flexibility index (Phi) is 10.3. The van der Waals surface area contributed by atoms with Gasteiger partial charge in [-0.3, -0.25) is 4.79 Å². The van der Waals surface area contributed by atoms with Crippen molar-refractivity contribution in [2.75, 3.05) is 7.11 Å². The van der Waals surface area contributed by atoms with Crippen LogP contribution in [0.25, 0.3) is 0 Å². The number of rotatable bonds is 12. The predicted octanol–water partition coefficient (Wildman–Crippen LogP) is 5.11. The number of nitrogens with one attached hydrogen (secondary N) is 2. The van der Waals surface area contributed by atoms with E-state index in [1.807, 2.05) is 48.0 Å². The summed E-state index contributed by atoms with van der Waals surface area (Å²) in [7, 11) is 1.28. The lowest BCUT2D eigenvalue weighted by Crippen LogP contribution is -2.52. The van der Waals surface area contributed by atoms with E-state index in [0.29, 0.717) is 25.1 Å². The van der Waals surface area contributed by atoms with Crippen LogP contribution < -0.4 is 10.6 Å². The molecule has 0 aliphatic carbocycles. The molecular formula is C26H31N3O4S2. The van der Waals surface area contributed by atoms with Gasteiger partial charge in [-0.25, -0.2) is 9.59 Å². The lowest BCUT2D eigenvalue weighted by atomic mass is 10.1. The summed E-state index contributed by atoms with van der Waals surface area (Å²) < 4.78 is 4.89. The second kappa shape index (κ2) is 13.7. The van der Waals surface area contributed by atoms with E-state index in [1.165, 1.54) is 7.11 Å². The van der Waals surface area contributed by atoms with Crippen LogP contribution in [0.2, 0.25) is 0 Å². The zero-order valence-corrected chi connectivity index (χ0v) is 21.6. The number of esters is 1. The van der Waals surface area contributed by atoms with Crippen LogP contribution in [0.5, 0.6) is 0 Å². The van der Waals surface area contributed by atoms with Crippen LogP contribution in [0, 0.1) is 0 Å². The van der Waals surface area contributed by atoms with Gasteiger partial charge in [-0.2, -0.15) is 0 Å². The minimum absolute atomic E-state index is 0.148. The summed E-state index contributed by atoms with van der Waals surface area (Å²) in [6.07, 6.45) is 2.17. The van der Waals surface area contributed by atoms with Crippen molar-refractivity contribution < 1.29 is 19.1 Å². The summed E-state index contributed by atoms with van der Waals surface area (Å²) in [6, 6.07) is 14.5. The van der Waals surface area contributed by atoms with Gasteiger partial charge in [0.25, 0.3) is 0 Å². The van der Waals surface area contributed by atoms with Crippen molar-refractivity contribution >= 4 is 40.6 Å². The van der Waals surface area contributed by atoms with Gasteiger partial charge in [-0.1, -0.05) is 62.2 Å². The zero-order valence-electron chi connectivity index (χ0n) is 19.9. The lowest BCUT2D eigenvalue weighted by molar-refractivity contribution is -0.143. The van der Waals surface area contributed by atoms with Gasteiger partial charge < -0.3 is 20.3 Å². The minimum atomic E-state index is -0.975. The predicted molar refractivity (Wildman–Crippen MR) is 139 cm³/mol. The molecule has 2 unspecified atom stereocenters. The molecule has 2 N–H and O–H groups in total. The first-order valence-electron chi connectivity index (χ1n) is 11.5. The number of urea groups is 1. The van der Waals surface area contributed by atoms with Crippen LogP contribution in [-0.4, -0.2) is 36.0 Å². The number of carbonyl (C=O) groups excluding carboxylic acids is 3. The highest BCUT2D eigenvalue weighted by atomic mass is 32.1. The number of ether oxygens (including phenoxy) is 1. The third-order valence-corrected chi connectivity index (χ3v) is 7.18. The number of hydrogen-bond donors (Lipinski definition) is 2. The average Bonchev–Trinajstić information content (AvgIpc) is 3.59. The van der Waals surface area contributed by atoms with Crippen LogP contribution in [-0.2, 0) is 27.4 Å². The van der Waals surface area contributed by atoms with Crippen LogP contribution in [0.4, 0.5) is 4.79 Å². The molecule has 7 nitrogen and oxygen atoms in total. The molecule has 0 spiro atoms. The van der Waals surface area contributed by atoms with Gasteiger partial charge >= 0.3 is 12.0 Å². The van der Waals surface area contributed by atoms with Crippen molar-refractivity contribution in [1.29, 1.82) is 0 Å². The molecule has 2 heterocycles. The van der Waals surface area contributed by atoms with Crippen molar-refractivity contribution in [1.82, 2.24) is 15.5 Å². The Morgan fingerprint density at radius 1 is 0.914 bits per heavy atom. The number of carbonyl (C=O) groups is 3. The number of methoxy groups -OCH3 is 1.